The average Bonchev–Trinajstić information content (AvgIpc) is 3.18. The van der Waals surface area contributed by atoms with Gasteiger partial charge in [-0.05, 0) is 58.3 Å². The lowest BCUT2D eigenvalue weighted by Crippen LogP contribution is -2.42. The van der Waals surface area contributed by atoms with Crippen molar-refractivity contribution in [1.82, 2.24) is 29.3 Å². The number of ether oxygens (including phenoxy) is 1. The lowest BCUT2D eigenvalue weighted by molar-refractivity contribution is -0.219. The molecule has 3 aromatic rings. The molecule has 1 amide bonds. The van der Waals surface area contributed by atoms with Crippen LogP contribution in [-0.2, 0) is 17.1 Å². The van der Waals surface area contributed by atoms with Gasteiger partial charge in [-0.1, -0.05) is 0 Å². The minimum absolute atomic E-state index is 0.0155. The second kappa shape index (κ2) is 9.89. The molecule has 5 rings (SSSR count). The molecule has 0 bridgehead atoms. The monoisotopic (exact) mass is 629 g/mol. The summed E-state index contributed by atoms with van der Waals surface area (Å²) in [5.74, 6) is 3.71. The van der Waals surface area contributed by atoms with Crippen LogP contribution in [0.1, 0.15) is 43.7 Å². The van der Waals surface area contributed by atoms with Gasteiger partial charge in [0.2, 0.25) is 5.88 Å². The van der Waals surface area contributed by atoms with Gasteiger partial charge in [0.15, 0.2) is 5.82 Å². The normalized spacial score (nSPS) is 18.7. The molecule has 0 radical (unpaired) electrons. The minimum atomic E-state index is -4.45. The number of hydrogen-bond acceptors (Lipinski definition) is 8. The predicted octanol–water partition coefficient (Wildman–Crippen LogP) is 3.77. The fraction of sp³-hybridized carbons (Fsp3) is 0.538. The molecule has 1 N–H and O–H groups in total. The third-order valence-electron chi connectivity index (χ3n) is 7.57. The first-order valence-electron chi connectivity index (χ1n) is 13.2. The lowest BCUT2D eigenvalue weighted by atomic mass is 9.94. The molecule has 2 fully saturated rings. The molecular formula is C26H34F3N7O4S2. The number of sulfonamides is 1. The minimum Gasteiger partial charge on any atom is -0.476 e. The molecule has 0 atom stereocenters. The maximum Gasteiger partial charge on any atom is 0.397 e. The standard InChI is InChI=1S/C26H34F3N7O4S2/c1-17-19(13-34(6)31-17)42(38,39)33-23(37)18-7-8-20(30-22(18)35-16-41(11-12-41)15-25(35,4)5)36-10-9-21(32-36)40-14-24(2,3)26(27,28)29/h7-10,13H,11-12,14-16H2,1-6H3,(H,33,37). The van der Waals surface area contributed by atoms with Crippen LogP contribution in [0.15, 0.2) is 35.5 Å². The van der Waals surface area contributed by atoms with Crippen LogP contribution in [-0.4, -0.2) is 80.3 Å². The molecule has 0 unspecified atom stereocenters. The van der Waals surface area contributed by atoms with E-state index in [2.05, 4.69) is 33.7 Å². The van der Waals surface area contributed by atoms with Gasteiger partial charge in [0, 0.05) is 36.8 Å². The molecule has 230 valence electrons. The summed E-state index contributed by atoms with van der Waals surface area (Å²) in [7, 11) is -3.48. The van der Waals surface area contributed by atoms with Crippen molar-refractivity contribution in [1.29, 1.82) is 0 Å². The van der Waals surface area contributed by atoms with Crippen LogP contribution in [0.5, 0.6) is 5.88 Å². The molecular weight excluding hydrogens is 595 g/mol. The van der Waals surface area contributed by atoms with Crippen LogP contribution in [0.3, 0.4) is 0 Å². The number of alkyl halides is 3. The summed E-state index contributed by atoms with van der Waals surface area (Å²) in [5.41, 5.74) is -2.09. The molecule has 11 nitrogen and oxygen atoms in total. The van der Waals surface area contributed by atoms with Crippen LogP contribution in [0, 0.1) is 12.3 Å². The molecule has 0 aromatic carbocycles. The molecule has 42 heavy (non-hydrogen) atoms. The number of nitrogens with zero attached hydrogens (tertiary/aromatic N) is 6. The van der Waals surface area contributed by atoms with E-state index in [1.54, 1.807) is 7.05 Å². The Kier molecular flexibility index (Phi) is 7.11. The molecule has 0 saturated carbocycles. The van der Waals surface area contributed by atoms with Gasteiger partial charge in [-0.3, -0.25) is 9.48 Å². The van der Waals surface area contributed by atoms with Gasteiger partial charge < -0.3 is 9.64 Å². The second-order valence-corrected chi connectivity index (χ2v) is 17.6. The highest BCUT2D eigenvalue weighted by atomic mass is 32.3. The fourth-order valence-corrected chi connectivity index (χ4v) is 10.4. The van der Waals surface area contributed by atoms with Crippen molar-refractivity contribution in [3.8, 4) is 11.7 Å². The first kappa shape index (κ1) is 30.2. The Hall–Kier alpha value is -3.27. The Morgan fingerprint density at radius 3 is 2.43 bits per heavy atom. The summed E-state index contributed by atoms with van der Waals surface area (Å²) in [6.07, 6.45) is -1.63. The molecule has 5 heterocycles. The number of anilines is 1. The van der Waals surface area contributed by atoms with Crippen molar-refractivity contribution in [3.63, 3.8) is 0 Å². The quantitative estimate of drug-likeness (QED) is 0.374. The maximum atomic E-state index is 13.5. The zero-order valence-electron chi connectivity index (χ0n) is 24.2. The second-order valence-electron chi connectivity index (χ2n) is 12.1. The van der Waals surface area contributed by atoms with E-state index in [0.29, 0.717) is 11.6 Å². The number of rotatable bonds is 8. The van der Waals surface area contributed by atoms with Crippen molar-refractivity contribution in [2.24, 2.45) is 12.5 Å². The van der Waals surface area contributed by atoms with Gasteiger partial charge in [-0.2, -0.15) is 18.3 Å². The van der Waals surface area contributed by atoms with E-state index in [1.165, 1.54) is 46.9 Å². The maximum absolute atomic E-state index is 13.5. The summed E-state index contributed by atoms with van der Waals surface area (Å²) in [4.78, 5) is 20.2. The van der Waals surface area contributed by atoms with Crippen LogP contribution in [0.2, 0.25) is 0 Å². The smallest absolute Gasteiger partial charge is 0.397 e. The number of aryl methyl sites for hydroxylation is 2. The van der Waals surface area contributed by atoms with E-state index in [4.69, 9.17) is 9.72 Å². The van der Waals surface area contributed by atoms with Crippen molar-refractivity contribution in [3.05, 3.63) is 41.9 Å². The first-order chi connectivity index (χ1) is 19.3. The average molecular weight is 630 g/mol. The topological polar surface area (TPSA) is 124 Å². The predicted molar refractivity (Wildman–Crippen MR) is 153 cm³/mol. The third-order valence-corrected chi connectivity index (χ3v) is 12.7. The summed E-state index contributed by atoms with van der Waals surface area (Å²) in [6, 6.07) is 4.41. The zero-order valence-corrected chi connectivity index (χ0v) is 25.8. The molecule has 16 heteroatoms. The third kappa shape index (κ3) is 5.70. The Balaban J connectivity index is 1.47. The number of hydrogen-bond donors (Lipinski definition) is 1. The number of pyridine rings is 1. The zero-order chi connectivity index (χ0) is 30.9. The van der Waals surface area contributed by atoms with Crippen molar-refractivity contribution < 1.29 is 31.1 Å². The van der Waals surface area contributed by atoms with E-state index in [1.807, 2.05) is 0 Å². The Morgan fingerprint density at radius 1 is 1.17 bits per heavy atom. The SMILES string of the molecule is Cc1nn(C)cc1S(=O)(=O)NC(=O)c1ccc(-n2ccc(OCC(C)(C)C(F)(F)F)n2)nc1N1CS2(CC2)CC1(C)C. The molecule has 1 spiro atoms. The van der Waals surface area contributed by atoms with Crippen molar-refractivity contribution in [2.45, 2.75) is 51.2 Å². The Morgan fingerprint density at radius 2 is 1.86 bits per heavy atom. The number of carbonyl (C=O) groups excluding carboxylic acids is 1. The number of carbonyl (C=O) groups is 1. The number of nitrogens with one attached hydrogen (secondary N) is 1. The van der Waals surface area contributed by atoms with E-state index in [9.17, 15) is 26.4 Å². The highest BCUT2D eigenvalue weighted by Gasteiger charge is 2.52. The number of aromatic nitrogens is 5. The van der Waals surface area contributed by atoms with Crippen LogP contribution in [0.25, 0.3) is 5.82 Å². The lowest BCUT2D eigenvalue weighted by Gasteiger charge is -2.33. The number of halogens is 3. The molecule has 3 aromatic heterocycles. The van der Waals surface area contributed by atoms with Gasteiger partial charge in [0.05, 0.1) is 22.5 Å². The van der Waals surface area contributed by atoms with Gasteiger partial charge in [-0.15, -0.1) is 5.10 Å². The first-order valence-corrected chi connectivity index (χ1v) is 17.0. The van der Waals surface area contributed by atoms with Gasteiger partial charge in [0.1, 0.15) is 17.3 Å². The number of amides is 1. The van der Waals surface area contributed by atoms with Crippen molar-refractivity contribution in [2.75, 3.05) is 34.6 Å². The fourth-order valence-electron chi connectivity index (χ4n) is 4.93. The summed E-state index contributed by atoms with van der Waals surface area (Å²) < 4.78 is 76.1. The summed E-state index contributed by atoms with van der Waals surface area (Å²) in [6.45, 7) is 7.15. The van der Waals surface area contributed by atoms with E-state index in [-0.39, 0.29) is 27.6 Å². The van der Waals surface area contributed by atoms with Gasteiger partial charge >= 0.3 is 6.18 Å². The van der Waals surface area contributed by atoms with Crippen LogP contribution in [0.4, 0.5) is 19.0 Å². The molecule has 2 aliphatic heterocycles. The van der Waals surface area contributed by atoms with Crippen LogP contribution >= 0.6 is 10.0 Å². The molecule has 2 aliphatic rings. The molecule has 2 saturated heterocycles. The van der Waals surface area contributed by atoms with Crippen LogP contribution < -0.4 is 14.4 Å². The van der Waals surface area contributed by atoms with E-state index in [0.717, 1.165) is 37.0 Å². The summed E-state index contributed by atoms with van der Waals surface area (Å²) >= 11 is 0. The van der Waals surface area contributed by atoms with Crippen molar-refractivity contribution >= 4 is 31.8 Å². The highest BCUT2D eigenvalue weighted by Crippen LogP contribution is 2.68. The highest BCUT2D eigenvalue weighted by molar-refractivity contribution is 8.39. The molecule has 0 aliphatic carbocycles. The Labute approximate surface area is 243 Å². The largest absolute Gasteiger partial charge is 0.476 e. The van der Waals surface area contributed by atoms with E-state index >= 15 is 0 Å². The summed E-state index contributed by atoms with van der Waals surface area (Å²) in [5, 5.41) is 8.30. The van der Waals surface area contributed by atoms with E-state index < -0.39 is 44.2 Å². The Bertz CT molecular complexity index is 1640. The van der Waals surface area contributed by atoms with Gasteiger partial charge in [0.25, 0.3) is 15.9 Å². The van der Waals surface area contributed by atoms with Gasteiger partial charge in [-0.25, -0.2) is 32.8 Å².